The van der Waals surface area contributed by atoms with E-state index in [1.807, 2.05) is 0 Å². The van der Waals surface area contributed by atoms with Crippen molar-refractivity contribution in [3.05, 3.63) is 0 Å². The molecule has 0 fully saturated rings. The Kier molecular flexibility index (Phi) is 19.8. The van der Waals surface area contributed by atoms with Gasteiger partial charge in [-0.25, -0.2) is 0 Å². The summed E-state index contributed by atoms with van der Waals surface area (Å²) < 4.78 is 11.1. The molecule has 0 N–H and O–H groups in total. The van der Waals surface area contributed by atoms with Crippen molar-refractivity contribution in [2.45, 2.75) is 57.8 Å². The molecule has 0 atom stereocenters. The smallest absolute Gasteiger partial charge is 0.0466 e. The summed E-state index contributed by atoms with van der Waals surface area (Å²) >= 11 is 6.85. The van der Waals surface area contributed by atoms with Crippen LogP contribution in [0.1, 0.15) is 57.8 Å². The lowest BCUT2D eigenvalue weighted by Crippen LogP contribution is -1.98. The van der Waals surface area contributed by atoms with Crippen molar-refractivity contribution in [3.8, 4) is 0 Å². The zero-order chi connectivity index (χ0) is 14.0. The maximum Gasteiger partial charge on any atom is 0.0466 e. The molecule has 0 heterocycles. The fourth-order valence-corrected chi connectivity index (χ4v) is 2.53. The van der Waals surface area contributed by atoms with E-state index >= 15 is 0 Å². The lowest BCUT2D eigenvalue weighted by Gasteiger charge is -2.05. The maximum atomic E-state index is 5.57. The highest BCUT2D eigenvalue weighted by atomic mass is 79.9. The lowest BCUT2D eigenvalue weighted by molar-refractivity contribution is 0.122. The normalized spacial score (nSPS) is 11.1. The second-order valence-corrected chi connectivity index (χ2v) is 6.37. The number of alkyl halides is 2. The molecule has 0 spiro atoms. The molecular weight excluding hydrogens is 372 g/mol. The van der Waals surface area contributed by atoms with Crippen LogP contribution in [0.15, 0.2) is 0 Å². The first-order chi connectivity index (χ1) is 9.41. The summed E-state index contributed by atoms with van der Waals surface area (Å²) in [6.07, 6.45) is 11.1. The van der Waals surface area contributed by atoms with Crippen LogP contribution < -0.4 is 0 Å². The first kappa shape index (κ1) is 19.9. The third kappa shape index (κ3) is 18.9. The molecule has 0 amide bonds. The zero-order valence-corrected chi connectivity index (χ0v) is 15.4. The van der Waals surface area contributed by atoms with Gasteiger partial charge in [0.25, 0.3) is 0 Å². The van der Waals surface area contributed by atoms with Crippen LogP contribution in [0, 0.1) is 0 Å². The van der Waals surface area contributed by atoms with E-state index in [9.17, 15) is 0 Å². The molecule has 116 valence electrons. The van der Waals surface area contributed by atoms with E-state index in [-0.39, 0.29) is 0 Å². The summed E-state index contributed by atoms with van der Waals surface area (Å²) in [7, 11) is 0. The largest absolute Gasteiger partial charge is 0.381 e. The molecule has 0 aliphatic heterocycles. The number of rotatable bonds is 16. The molecule has 0 saturated heterocycles. The van der Waals surface area contributed by atoms with Crippen molar-refractivity contribution in [3.63, 3.8) is 0 Å². The van der Waals surface area contributed by atoms with Crippen LogP contribution in [0.5, 0.6) is 0 Å². The van der Waals surface area contributed by atoms with Crippen LogP contribution in [0.25, 0.3) is 0 Å². The van der Waals surface area contributed by atoms with Crippen LogP contribution in [0.2, 0.25) is 0 Å². The number of unbranched alkanes of at least 4 members (excludes halogenated alkanes) is 6. The van der Waals surface area contributed by atoms with Crippen molar-refractivity contribution in [1.29, 1.82) is 0 Å². The average Bonchev–Trinajstić information content (AvgIpc) is 2.43. The van der Waals surface area contributed by atoms with Gasteiger partial charge in [0.15, 0.2) is 0 Å². The van der Waals surface area contributed by atoms with Crippen LogP contribution in [-0.2, 0) is 9.47 Å². The van der Waals surface area contributed by atoms with Gasteiger partial charge in [-0.3, -0.25) is 0 Å². The molecule has 0 bridgehead atoms. The highest BCUT2D eigenvalue weighted by Crippen LogP contribution is 2.04. The average molecular weight is 402 g/mol. The number of halogens is 2. The predicted octanol–water partition coefficient (Wildman–Crippen LogP) is 5.32. The van der Waals surface area contributed by atoms with Gasteiger partial charge in [0, 0.05) is 37.1 Å². The van der Waals surface area contributed by atoms with Crippen molar-refractivity contribution >= 4 is 31.9 Å². The van der Waals surface area contributed by atoms with E-state index in [1.165, 1.54) is 57.8 Å². The molecule has 0 aliphatic rings. The van der Waals surface area contributed by atoms with Gasteiger partial charge in [-0.1, -0.05) is 51.1 Å². The minimum Gasteiger partial charge on any atom is -0.381 e. The molecule has 0 rings (SSSR count). The van der Waals surface area contributed by atoms with E-state index in [0.717, 1.165) is 37.1 Å². The molecule has 0 unspecified atom stereocenters. The maximum absolute atomic E-state index is 5.57. The Balaban J connectivity index is 2.88. The third-order valence-electron chi connectivity index (χ3n) is 2.92. The van der Waals surface area contributed by atoms with Gasteiger partial charge < -0.3 is 9.47 Å². The summed E-state index contributed by atoms with van der Waals surface area (Å²) in [6.45, 7) is 3.72. The molecule has 0 aromatic carbocycles. The monoisotopic (exact) mass is 400 g/mol. The topological polar surface area (TPSA) is 18.5 Å². The molecule has 19 heavy (non-hydrogen) atoms. The molecular formula is C15H30Br2O2. The van der Waals surface area contributed by atoms with Crippen molar-refractivity contribution in [2.75, 3.05) is 37.1 Å². The zero-order valence-electron chi connectivity index (χ0n) is 12.2. The van der Waals surface area contributed by atoms with E-state index in [2.05, 4.69) is 31.9 Å². The third-order valence-corrected chi connectivity index (χ3v) is 4.04. The highest BCUT2D eigenvalue weighted by Gasteiger charge is 1.93. The highest BCUT2D eigenvalue weighted by molar-refractivity contribution is 9.09. The second-order valence-electron chi connectivity index (χ2n) is 4.78. The van der Waals surface area contributed by atoms with Gasteiger partial charge in [0.1, 0.15) is 0 Å². The Morgan fingerprint density at radius 2 is 0.737 bits per heavy atom. The Labute approximate surface area is 136 Å². The van der Waals surface area contributed by atoms with Crippen LogP contribution in [0.3, 0.4) is 0 Å². The number of hydrogen-bond donors (Lipinski definition) is 0. The first-order valence-corrected chi connectivity index (χ1v) is 9.93. The molecule has 2 nitrogen and oxygen atoms in total. The molecule has 0 radical (unpaired) electrons. The predicted molar refractivity (Wildman–Crippen MR) is 90.8 cm³/mol. The quantitative estimate of drug-likeness (QED) is 0.257. The fourth-order valence-electron chi connectivity index (χ4n) is 1.74. The van der Waals surface area contributed by atoms with Crippen molar-refractivity contribution in [2.24, 2.45) is 0 Å². The Morgan fingerprint density at radius 1 is 0.421 bits per heavy atom. The van der Waals surface area contributed by atoms with Gasteiger partial charge in [0.05, 0.1) is 0 Å². The van der Waals surface area contributed by atoms with Gasteiger partial charge >= 0.3 is 0 Å². The summed E-state index contributed by atoms with van der Waals surface area (Å²) in [5, 5.41) is 2.18. The van der Waals surface area contributed by atoms with E-state index in [0.29, 0.717) is 0 Å². The number of ether oxygens (including phenoxy) is 2. The summed E-state index contributed by atoms with van der Waals surface area (Å²) in [5.74, 6) is 0. The van der Waals surface area contributed by atoms with Gasteiger partial charge in [-0.15, -0.1) is 0 Å². The van der Waals surface area contributed by atoms with Gasteiger partial charge in [-0.05, 0) is 38.5 Å². The molecule has 0 aromatic heterocycles. The van der Waals surface area contributed by atoms with Crippen molar-refractivity contribution in [1.82, 2.24) is 0 Å². The first-order valence-electron chi connectivity index (χ1n) is 7.69. The SMILES string of the molecule is BrCCCCOCCCCCCCOCCCCBr. The van der Waals surface area contributed by atoms with Gasteiger partial charge in [0.2, 0.25) is 0 Å². The Hall–Kier alpha value is 0.880. The minimum atomic E-state index is 0.924. The van der Waals surface area contributed by atoms with E-state index in [4.69, 9.17) is 9.47 Å². The fraction of sp³-hybridized carbons (Fsp3) is 1.00. The molecule has 4 heteroatoms. The standard InChI is InChI=1S/C15H30Br2O2/c16-10-4-8-14-18-12-6-2-1-3-7-13-19-15-9-5-11-17/h1-15H2. The second kappa shape index (κ2) is 18.9. The minimum absolute atomic E-state index is 0.924. The van der Waals surface area contributed by atoms with Crippen LogP contribution in [0.4, 0.5) is 0 Å². The van der Waals surface area contributed by atoms with E-state index < -0.39 is 0 Å². The Morgan fingerprint density at radius 3 is 1.11 bits per heavy atom. The van der Waals surface area contributed by atoms with Crippen LogP contribution in [-0.4, -0.2) is 37.1 Å². The lowest BCUT2D eigenvalue weighted by atomic mass is 10.1. The number of hydrogen-bond acceptors (Lipinski definition) is 2. The van der Waals surface area contributed by atoms with Gasteiger partial charge in [-0.2, -0.15) is 0 Å². The summed E-state index contributed by atoms with van der Waals surface area (Å²) in [4.78, 5) is 0. The summed E-state index contributed by atoms with van der Waals surface area (Å²) in [6, 6.07) is 0. The summed E-state index contributed by atoms with van der Waals surface area (Å²) in [5.41, 5.74) is 0. The molecule has 0 aromatic rings. The van der Waals surface area contributed by atoms with Crippen molar-refractivity contribution < 1.29 is 9.47 Å². The molecule has 0 saturated carbocycles. The van der Waals surface area contributed by atoms with Crippen LogP contribution >= 0.6 is 31.9 Å². The molecule has 0 aliphatic carbocycles. The van der Waals surface area contributed by atoms with E-state index in [1.54, 1.807) is 0 Å². The Bertz CT molecular complexity index is 141.